The van der Waals surface area contributed by atoms with Crippen LogP contribution in [0.25, 0.3) is 0 Å². The lowest BCUT2D eigenvalue weighted by molar-refractivity contribution is 0.431. The van der Waals surface area contributed by atoms with Crippen LogP contribution in [-0.4, -0.2) is 20.0 Å². The third-order valence-corrected chi connectivity index (χ3v) is 6.11. The van der Waals surface area contributed by atoms with Crippen LogP contribution in [0.3, 0.4) is 0 Å². The molecule has 0 saturated heterocycles. The van der Waals surface area contributed by atoms with Crippen LogP contribution in [0.4, 0.5) is 4.39 Å². The van der Waals surface area contributed by atoms with E-state index in [4.69, 9.17) is 18.0 Å². The predicted molar refractivity (Wildman–Crippen MR) is 81.9 cm³/mol. The van der Waals surface area contributed by atoms with Gasteiger partial charge in [-0.2, -0.15) is 0 Å². The van der Waals surface area contributed by atoms with Crippen molar-refractivity contribution >= 4 is 27.2 Å². The summed E-state index contributed by atoms with van der Waals surface area (Å²) >= 11 is 4.77. The molecule has 0 aliphatic heterocycles. The van der Waals surface area contributed by atoms with Gasteiger partial charge in [-0.1, -0.05) is 18.3 Å². The first-order chi connectivity index (χ1) is 9.86. The van der Waals surface area contributed by atoms with Gasteiger partial charge in [-0.15, -0.1) is 0 Å². The first-order valence-corrected chi connectivity index (χ1v) is 8.83. The lowest BCUT2D eigenvalue weighted by atomic mass is 10.0. The fraction of sp³-hybridized carbons (Fsp3) is 0.500. The lowest BCUT2D eigenvalue weighted by Gasteiger charge is -2.16. The van der Waals surface area contributed by atoms with Crippen LogP contribution in [-0.2, 0) is 10.0 Å². The Hall–Kier alpha value is -1.05. The Bertz CT molecular complexity index is 695. The van der Waals surface area contributed by atoms with Gasteiger partial charge in [0.2, 0.25) is 10.0 Å². The minimum atomic E-state index is -3.81. The quantitative estimate of drug-likeness (QED) is 0.783. The topological polar surface area (TPSA) is 72.2 Å². The zero-order valence-corrected chi connectivity index (χ0v) is 13.1. The molecular formula is C14H17FN2O2S2. The third-order valence-electron chi connectivity index (χ3n) is 4.46. The second-order valence-electron chi connectivity index (χ2n) is 5.94. The van der Waals surface area contributed by atoms with Crippen molar-refractivity contribution in [3.05, 3.63) is 29.6 Å². The summed E-state index contributed by atoms with van der Waals surface area (Å²) in [5.41, 5.74) is 5.38. The van der Waals surface area contributed by atoms with Crippen molar-refractivity contribution in [3.8, 4) is 0 Å². The number of nitrogens with two attached hydrogens (primary N) is 1. The van der Waals surface area contributed by atoms with E-state index in [0.29, 0.717) is 12.5 Å². The highest BCUT2D eigenvalue weighted by atomic mass is 32.2. The van der Waals surface area contributed by atoms with Crippen molar-refractivity contribution in [1.82, 2.24) is 4.72 Å². The second kappa shape index (κ2) is 5.00. The summed E-state index contributed by atoms with van der Waals surface area (Å²) in [7, 11) is -3.81. The van der Waals surface area contributed by atoms with Gasteiger partial charge in [0.1, 0.15) is 10.8 Å². The van der Waals surface area contributed by atoms with Crippen molar-refractivity contribution in [1.29, 1.82) is 0 Å². The predicted octanol–water partition coefficient (Wildman–Crippen LogP) is 1.93. The molecule has 0 spiro atoms. The maximum Gasteiger partial charge on any atom is 0.241 e. The summed E-state index contributed by atoms with van der Waals surface area (Å²) in [6.07, 6.45) is 4.48. The Balaban J connectivity index is 1.85. The molecule has 2 fully saturated rings. The number of hydrogen-bond donors (Lipinski definition) is 2. The van der Waals surface area contributed by atoms with E-state index < -0.39 is 15.8 Å². The molecule has 4 nitrogen and oxygen atoms in total. The molecule has 2 aliphatic carbocycles. The minimum absolute atomic E-state index is 0.129. The highest BCUT2D eigenvalue weighted by molar-refractivity contribution is 7.89. The Morgan fingerprint density at radius 3 is 2.62 bits per heavy atom. The van der Waals surface area contributed by atoms with Crippen molar-refractivity contribution in [2.24, 2.45) is 17.1 Å². The van der Waals surface area contributed by atoms with Crippen molar-refractivity contribution in [2.75, 3.05) is 6.54 Å². The fourth-order valence-electron chi connectivity index (χ4n) is 2.87. The monoisotopic (exact) mass is 328 g/mol. The van der Waals surface area contributed by atoms with Crippen LogP contribution >= 0.6 is 12.2 Å². The molecule has 3 rings (SSSR count). The maximum absolute atomic E-state index is 13.8. The van der Waals surface area contributed by atoms with Gasteiger partial charge in [0.15, 0.2) is 0 Å². The van der Waals surface area contributed by atoms with Crippen LogP contribution < -0.4 is 10.5 Å². The Labute approximate surface area is 129 Å². The number of benzene rings is 1. The molecule has 0 aromatic heterocycles. The number of nitrogens with one attached hydrogen (secondary N) is 1. The molecule has 2 aliphatic rings. The van der Waals surface area contributed by atoms with Gasteiger partial charge in [-0.25, -0.2) is 17.5 Å². The summed E-state index contributed by atoms with van der Waals surface area (Å²) < 4.78 is 41.3. The smallest absolute Gasteiger partial charge is 0.241 e. The van der Waals surface area contributed by atoms with Crippen molar-refractivity contribution in [3.63, 3.8) is 0 Å². The molecule has 7 heteroatoms. The first-order valence-electron chi connectivity index (χ1n) is 6.94. The molecule has 1 aromatic carbocycles. The summed E-state index contributed by atoms with van der Waals surface area (Å²) in [5, 5.41) is 0. The Morgan fingerprint density at radius 1 is 1.43 bits per heavy atom. The first kappa shape index (κ1) is 14.9. The van der Waals surface area contributed by atoms with Gasteiger partial charge in [0, 0.05) is 6.54 Å². The molecular weight excluding hydrogens is 311 g/mol. The van der Waals surface area contributed by atoms with Gasteiger partial charge in [-0.3, -0.25) is 0 Å². The van der Waals surface area contributed by atoms with E-state index in [0.717, 1.165) is 18.9 Å². The molecule has 114 valence electrons. The van der Waals surface area contributed by atoms with E-state index in [1.165, 1.54) is 25.0 Å². The van der Waals surface area contributed by atoms with E-state index in [1.807, 2.05) is 0 Å². The van der Waals surface area contributed by atoms with E-state index >= 15 is 0 Å². The average Bonchev–Trinajstić information content (AvgIpc) is 3.26. The van der Waals surface area contributed by atoms with Crippen LogP contribution in [0, 0.1) is 17.2 Å². The SMILES string of the molecule is NC(=S)c1c(F)cccc1S(=O)(=O)NCC1(C2CC2)CC1. The zero-order chi connectivity index (χ0) is 15.3. The van der Waals surface area contributed by atoms with E-state index in [9.17, 15) is 12.8 Å². The molecule has 3 N–H and O–H groups in total. The molecule has 0 bridgehead atoms. The summed E-state index contributed by atoms with van der Waals surface area (Å²) in [6, 6.07) is 3.83. The molecule has 0 unspecified atom stereocenters. The molecule has 21 heavy (non-hydrogen) atoms. The van der Waals surface area contributed by atoms with Crippen LogP contribution in [0.5, 0.6) is 0 Å². The van der Waals surface area contributed by atoms with Gasteiger partial charge >= 0.3 is 0 Å². The van der Waals surface area contributed by atoms with E-state index in [2.05, 4.69) is 4.72 Å². The fourth-order valence-corrected chi connectivity index (χ4v) is 4.51. The summed E-state index contributed by atoms with van der Waals surface area (Å²) in [5.74, 6) is -0.0727. The molecule has 2 saturated carbocycles. The number of sulfonamides is 1. The van der Waals surface area contributed by atoms with Gasteiger partial charge in [-0.05, 0) is 49.1 Å². The highest BCUT2D eigenvalue weighted by Crippen LogP contribution is 2.60. The van der Waals surface area contributed by atoms with Crippen LogP contribution in [0.15, 0.2) is 23.1 Å². The summed E-state index contributed by atoms with van der Waals surface area (Å²) in [4.78, 5) is -0.432. The van der Waals surface area contributed by atoms with Crippen molar-refractivity contribution in [2.45, 2.75) is 30.6 Å². The number of thiocarbonyl (C=S) groups is 1. The molecule has 0 atom stereocenters. The highest BCUT2D eigenvalue weighted by Gasteiger charge is 2.53. The molecule has 0 radical (unpaired) electrons. The zero-order valence-electron chi connectivity index (χ0n) is 11.4. The minimum Gasteiger partial charge on any atom is -0.389 e. The van der Waals surface area contributed by atoms with E-state index in [1.54, 1.807) is 0 Å². The van der Waals surface area contributed by atoms with Crippen molar-refractivity contribution < 1.29 is 12.8 Å². The number of halogens is 1. The average molecular weight is 328 g/mol. The van der Waals surface area contributed by atoms with E-state index in [-0.39, 0.29) is 20.9 Å². The third kappa shape index (κ3) is 2.82. The number of rotatable bonds is 6. The summed E-state index contributed by atoms with van der Waals surface area (Å²) in [6.45, 7) is 0.410. The maximum atomic E-state index is 13.8. The van der Waals surface area contributed by atoms with Crippen LogP contribution in [0.1, 0.15) is 31.2 Å². The normalized spacial score (nSPS) is 20.2. The molecule has 0 heterocycles. The largest absolute Gasteiger partial charge is 0.389 e. The van der Waals surface area contributed by atoms with Gasteiger partial charge in [0.25, 0.3) is 0 Å². The Morgan fingerprint density at radius 2 is 2.10 bits per heavy atom. The molecule has 1 aromatic rings. The van der Waals surface area contributed by atoms with Gasteiger partial charge in [0.05, 0.1) is 10.5 Å². The number of hydrogen-bond acceptors (Lipinski definition) is 3. The van der Waals surface area contributed by atoms with Crippen LogP contribution in [0.2, 0.25) is 0 Å². The standard InChI is InChI=1S/C14H17FN2O2S2/c15-10-2-1-3-11(12(10)13(16)20)21(18,19)17-8-14(6-7-14)9-4-5-9/h1-3,9,17H,4-8H2,(H2,16,20). The van der Waals surface area contributed by atoms with Gasteiger partial charge < -0.3 is 5.73 Å². The molecule has 0 amide bonds. The Kier molecular flexibility index (Phi) is 3.54. The lowest BCUT2D eigenvalue weighted by Crippen LogP contribution is -2.33. The second-order valence-corrected chi connectivity index (χ2v) is 8.11.